The van der Waals surface area contributed by atoms with E-state index in [0.29, 0.717) is 38.2 Å². The van der Waals surface area contributed by atoms with Crippen molar-refractivity contribution in [1.29, 1.82) is 0 Å². The number of nitrogens with one attached hydrogen (secondary N) is 2. The Kier molecular flexibility index (Phi) is 7.91. The van der Waals surface area contributed by atoms with Crippen LogP contribution in [0.1, 0.15) is 25.3 Å². The number of carbonyl (C=O) groups excluding carboxylic acids is 2. The molecule has 2 amide bonds. The van der Waals surface area contributed by atoms with Crippen LogP contribution in [0, 0.1) is 11.7 Å². The summed E-state index contributed by atoms with van der Waals surface area (Å²) >= 11 is 0. The van der Waals surface area contributed by atoms with E-state index in [9.17, 15) is 27.2 Å². The number of halogens is 4. The number of alkyl halides is 3. The van der Waals surface area contributed by atoms with E-state index in [0.717, 1.165) is 17.7 Å². The highest BCUT2D eigenvalue weighted by molar-refractivity contribution is 5.94. The zero-order valence-electron chi connectivity index (χ0n) is 18.0. The van der Waals surface area contributed by atoms with E-state index < -0.39 is 12.4 Å². The predicted molar refractivity (Wildman–Crippen MR) is 114 cm³/mol. The Hall–Kier alpha value is -3.14. The zero-order valence-corrected chi connectivity index (χ0v) is 18.0. The molecule has 1 heterocycles. The summed E-state index contributed by atoms with van der Waals surface area (Å²) in [5, 5.41) is 5.55. The van der Waals surface area contributed by atoms with Crippen molar-refractivity contribution in [2.24, 2.45) is 5.92 Å². The van der Waals surface area contributed by atoms with E-state index in [2.05, 4.69) is 15.4 Å². The van der Waals surface area contributed by atoms with Crippen LogP contribution in [0.2, 0.25) is 0 Å². The van der Waals surface area contributed by atoms with Gasteiger partial charge in [0, 0.05) is 18.2 Å². The highest BCUT2D eigenvalue weighted by Crippen LogP contribution is 2.24. The number of nitrogens with zero attached hydrogens (tertiary/aromatic N) is 1. The lowest BCUT2D eigenvalue weighted by Gasteiger charge is -2.34. The van der Waals surface area contributed by atoms with Gasteiger partial charge in [-0.05, 0) is 74.8 Å². The number of hydrogen-bond donors (Lipinski definition) is 2. The van der Waals surface area contributed by atoms with Crippen molar-refractivity contribution in [2.75, 3.05) is 18.4 Å². The van der Waals surface area contributed by atoms with Gasteiger partial charge in [-0.25, -0.2) is 4.39 Å². The summed E-state index contributed by atoms with van der Waals surface area (Å²) in [5.41, 5.74) is 1.17. The Morgan fingerprint density at radius 1 is 1.06 bits per heavy atom. The molecule has 2 aromatic carbocycles. The molecule has 3 rings (SSSR count). The fourth-order valence-electron chi connectivity index (χ4n) is 3.64. The Balaban J connectivity index is 1.43. The summed E-state index contributed by atoms with van der Waals surface area (Å²) < 4.78 is 53.5. The van der Waals surface area contributed by atoms with Gasteiger partial charge in [-0.2, -0.15) is 0 Å². The molecule has 1 aliphatic rings. The average molecular weight is 467 g/mol. The Bertz CT molecular complexity index is 941. The van der Waals surface area contributed by atoms with Gasteiger partial charge in [0.1, 0.15) is 11.6 Å². The number of carbonyl (C=O) groups is 2. The molecule has 6 nitrogen and oxygen atoms in total. The van der Waals surface area contributed by atoms with Crippen LogP contribution in [0.3, 0.4) is 0 Å². The van der Waals surface area contributed by atoms with Gasteiger partial charge >= 0.3 is 6.36 Å². The number of likely N-dealkylation sites (tertiary alicyclic amines) is 1. The quantitative estimate of drug-likeness (QED) is 0.602. The van der Waals surface area contributed by atoms with E-state index in [1.807, 2.05) is 4.90 Å². The molecule has 33 heavy (non-hydrogen) atoms. The minimum Gasteiger partial charge on any atom is -0.406 e. The monoisotopic (exact) mass is 467 g/mol. The van der Waals surface area contributed by atoms with Crippen molar-refractivity contribution in [3.63, 3.8) is 0 Å². The summed E-state index contributed by atoms with van der Waals surface area (Å²) in [6, 6.07) is 10.4. The van der Waals surface area contributed by atoms with Gasteiger partial charge in [0.15, 0.2) is 0 Å². The maximum Gasteiger partial charge on any atom is 0.573 e. The molecule has 1 aliphatic heterocycles. The molecule has 1 saturated heterocycles. The first-order valence-electron chi connectivity index (χ1n) is 10.5. The average Bonchev–Trinajstić information content (AvgIpc) is 2.78. The van der Waals surface area contributed by atoms with Crippen LogP contribution >= 0.6 is 0 Å². The highest BCUT2D eigenvalue weighted by atomic mass is 19.4. The maximum atomic E-state index is 13.0. The molecule has 10 heteroatoms. The molecule has 0 aliphatic carbocycles. The maximum absolute atomic E-state index is 13.0. The number of piperidine rings is 1. The van der Waals surface area contributed by atoms with Gasteiger partial charge in [0.2, 0.25) is 11.8 Å². The van der Waals surface area contributed by atoms with Crippen LogP contribution in [0.4, 0.5) is 23.2 Å². The Morgan fingerprint density at radius 2 is 1.67 bits per heavy atom. The molecule has 1 unspecified atom stereocenters. The number of anilines is 1. The van der Waals surface area contributed by atoms with Gasteiger partial charge in [-0.3, -0.25) is 14.5 Å². The van der Waals surface area contributed by atoms with Crippen molar-refractivity contribution in [2.45, 2.75) is 38.7 Å². The van der Waals surface area contributed by atoms with Gasteiger partial charge in [0.25, 0.3) is 0 Å². The first-order valence-corrected chi connectivity index (χ1v) is 10.5. The standard InChI is InChI=1S/C23H25F4N3O3/c1-15(21(31)29-19-6-8-20(9-7-19)33-23(25,26)27)30-12-10-17(11-13-30)22(32)28-14-16-2-4-18(24)5-3-16/h2-9,15,17H,10-14H2,1H3,(H,28,32)(H,29,31). The summed E-state index contributed by atoms with van der Waals surface area (Å²) in [6.45, 7) is 3.18. The lowest BCUT2D eigenvalue weighted by atomic mass is 9.94. The minimum absolute atomic E-state index is 0.0720. The summed E-state index contributed by atoms with van der Waals surface area (Å²) in [4.78, 5) is 27.0. The van der Waals surface area contributed by atoms with Crippen molar-refractivity contribution >= 4 is 17.5 Å². The summed E-state index contributed by atoms with van der Waals surface area (Å²) in [5.74, 6) is -1.23. The molecular weight excluding hydrogens is 442 g/mol. The van der Waals surface area contributed by atoms with Crippen LogP contribution in [-0.4, -0.2) is 42.2 Å². The zero-order chi connectivity index (χ0) is 24.0. The van der Waals surface area contributed by atoms with Crippen LogP contribution in [0.15, 0.2) is 48.5 Å². The molecule has 2 aromatic rings. The lowest BCUT2D eigenvalue weighted by Crippen LogP contribution is -2.48. The number of ether oxygens (including phenoxy) is 1. The molecule has 0 spiro atoms. The molecular formula is C23H25F4N3O3. The topological polar surface area (TPSA) is 70.7 Å². The summed E-state index contributed by atoms with van der Waals surface area (Å²) in [7, 11) is 0. The van der Waals surface area contributed by atoms with Crippen molar-refractivity contribution in [3.05, 3.63) is 59.9 Å². The third kappa shape index (κ3) is 7.45. The van der Waals surface area contributed by atoms with Gasteiger partial charge < -0.3 is 15.4 Å². The number of hydrogen-bond acceptors (Lipinski definition) is 4. The van der Waals surface area contributed by atoms with Gasteiger partial charge in [-0.15, -0.1) is 13.2 Å². The number of rotatable bonds is 7. The fraction of sp³-hybridized carbons (Fsp3) is 0.391. The second-order valence-corrected chi connectivity index (χ2v) is 7.89. The molecule has 1 atom stereocenters. The largest absolute Gasteiger partial charge is 0.573 e. The highest BCUT2D eigenvalue weighted by Gasteiger charge is 2.31. The molecule has 0 bridgehead atoms. The molecule has 0 aromatic heterocycles. The Labute approximate surface area is 188 Å². The third-order valence-electron chi connectivity index (χ3n) is 5.56. The smallest absolute Gasteiger partial charge is 0.406 e. The van der Waals surface area contributed by atoms with E-state index in [-0.39, 0.29) is 29.3 Å². The van der Waals surface area contributed by atoms with E-state index in [1.165, 1.54) is 24.3 Å². The predicted octanol–water partition coefficient (Wildman–Crippen LogP) is 4.08. The van der Waals surface area contributed by atoms with Crippen molar-refractivity contribution in [1.82, 2.24) is 10.2 Å². The fourth-order valence-corrected chi connectivity index (χ4v) is 3.64. The van der Waals surface area contributed by atoms with Gasteiger partial charge in [0.05, 0.1) is 6.04 Å². The Morgan fingerprint density at radius 3 is 2.24 bits per heavy atom. The van der Waals surface area contributed by atoms with Crippen LogP contribution < -0.4 is 15.4 Å². The summed E-state index contributed by atoms with van der Waals surface area (Å²) in [6.07, 6.45) is -3.59. The molecule has 0 radical (unpaired) electrons. The molecule has 2 N–H and O–H groups in total. The SMILES string of the molecule is CC(C(=O)Nc1ccc(OC(F)(F)F)cc1)N1CCC(C(=O)NCc2ccc(F)cc2)CC1. The lowest BCUT2D eigenvalue weighted by molar-refractivity contribution is -0.274. The first-order chi connectivity index (χ1) is 15.6. The third-order valence-corrected chi connectivity index (χ3v) is 5.56. The second kappa shape index (κ2) is 10.7. The van der Waals surface area contributed by atoms with E-state index in [1.54, 1.807) is 19.1 Å². The number of benzene rings is 2. The van der Waals surface area contributed by atoms with Gasteiger partial charge in [-0.1, -0.05) is 12.1 Å². The van der Waals surface area contributed by atoms with E-state index >= 15 is 0 Å². The van der Waals surface area contributed by atoms with Crippen LogP contribution in [-0.2, 0) is 16.1 Å². The first kappa shape index (κ1) is 24.5. The normalized spacial score (nSPS) is 16.2. The minimum atomic E-state index is -4.77. The van der Waals surface area contributed by atoms with Crippen LogP contribution in [0.25, 0.3) is 0 Å². The molecule has 0 saturated carbocycles. The molecule has 178 valence electrons. The van der Waals surface area contributed by atoms with Crippen LogP contribution in [0.5, 0.6) is 5.75 Å². The van der Waals surface area contributed by atoms with Crippen molar-refractivity contribution < 1.29 is 31.9 Å². The number of amides is 2. The molecule has 1 fully saturated rings. The van der Waals surface area contributed by atoms with Crippen molar-refractivity contribution in [3.8, 4) is 5.75 Å². The van der Waals surface area contributed by atoms with E-state index in [4.69, 9.17) is 0 Å². The second-order valence-electron chi connectivity index (χ2n) is 7.89.